The number of rotatable bonds is 4. The highest BCUT2D eigenvalue weighted by atomic mass is 16.1. The van der Waals surface area contributed by atoms with Gasteiger partial charge in [0.15, 0.2) is 0 Å². The zero-order valence-electron chi connectivity index (χ0n) is 14.4. The molecule has 0 fully saturated rings. The first-order valence-corrected chi connectivity index (χ1v) is 7.77. The van der Waals surface area contributed by atoms with E-state index in [0.29, 0.717) is 5.56 Å². The zero-order valence-corrected chi connectivity index (χ0v) is 14.4. The summed E-state index contributed by atoms with van der Waals surface area (Å²) in [7, 11) is 0. The Morgan fingerprint density at radius 2 is 1.91 bits per heavy atom. The fraction of sp³-hybridized carbons (Fsp3) is 0.588. The van der Waals surface area contributed by atoms with Crippen LogP contribution >= 0.6 is 0 Å². The first kappa shape index (κ1) is 16.5. The number of hydrogen-bond acceptors (Lipinski definition) is 3. The van der Waals surface area contributed by atoms with Crippen LogP contribution in [0.1, 0.15) is 58.3 Å². The fourth-order valence-electron chi connectivity index (χ4n) is 3.10. The van der Waals surface area contributed by atoms with Gasteiger partial charge in [-0.1, -0.05) is 26.0 Å². The minimum absolute atomic E-state index is 0.0674. The van der Waals surface area contributed by atoms with E-state index >= 15 is 0 Å². The molecule has 0 saturated carbocycles. The Morgan fingerprint density at radius 1 is 1.23 bits per heavy atom. The van der Waals surface area contributed by atoms with Crippen molar-refractivity contribution in [2.24, 2.45) is 5.41 Å². The average Bonchev–Trinajstić information content (AvgIpc) is 2.76. The van der Waals surface area contributed by atoms with Crippen molar-refractivity contribution in [1.29, 1.82) is 0 Å². The van der Waals surface area contributed by atoms with Crippen LogP contribution in [-0.4, -0.2) is 26.4 Å². The number of nitrogens with zero attached hydrogens (tertiary/aromatic N) is 3. The summed E-state index contributed by atoms with van der Waals surface area (Å²) in [5, 5.41) is 11.3. The maximum atomic E-state index is 12.5. The molecule has 1 amide bonds. The van der Waals surface area contributed by atoms with E-state index in [9.17, 15) is 4.79 Å². The number of amides is 1. The van der Waals surface area contributed by atoms with Crippen LogP contribution in [0, 0.1) is 5.41 Å². The molecular formula is C17H26N4O. The third kappa shape index (κ3) is 3.84. The van der Waals surface area contributed by atoms with Crippen molar-refractivity contribution < 1.29 is 4.79 Å². The molecule has 1 aromatic heterocycles. The first-order chi connectivity index (χ1) is 10.1. The Balaban J connectivity index is 2.19. The van der Waals surface area contributed by atoms with Gasteiger partial charge >= 0.3 is 0 Å². The quantitative estimate of drug-likeness (QED) is 0.941. The number of hydrogen-bond donors (Lipinski definition) is 1. The maximum absolute atomic E-state index is 12.5. The summed E-state index contributed by atoms with van der Waals surface area (Å²) >= 11 is 0. The molecule has 5 nitrogen and oxygen atoms in total. The second-order valence-corrected chi connectivity index (χ2v) is 7.68. The maximum Gasteiger partial charge on any atom is 0.251 e. The molecule has 1 aromatic carbocycles. The van der Waals surface area contributed by atoms with Gasteiger partial charge in [0.25, 0.3) is 5.91 Å². The Bertz CT molecular complexity index is 680. The Labute approximate surface area is 132 Å². The Hall–Kier alpha value is -1.91. The standard InChI is InChI=1S/C17H26N4O/c1-7-21-14-9-8-12(10-13(14)19-20-21)15(22)18-17(5,6)11-16(2,3)4/h8-10H,7,11H2,1-6H3,(H,18,22). The van der Waals surface area contributed by atoms with Gasteiger partial charge < -0.3 is 5.32 Å². The lowest BCUT2D eigenvalue weighted by Crippen LogP contribution is -2.45. The number of nitrogens with one attached hydrogen (secondary N) is 1. The van der Waals surface area contributed by atoms with E-state index < -0.39 is 0 Å². The van der Waals surface area contributed by atoms with Gasteiger partial charge in [-0.3, -0.25) is 4.79 Å². The van der Waals surface area contributed by atoms with E-state index in [2.05, 4.69) is 50.2 Å². The third-order valence-corrected chi connectivity index (χ3v) is 3.50. The summed E-state index contributed by atoms with van der Waals surface area (Å²) in [6.45, 7) is 13.4. The molecule has 0 radical (unpaired) electrons. The van der Waals surface area contributed by atoms with Gasteiger partial charge in [-0.15, -0.1) is 5.10 Å². The van der Waals surface area contributed by atoms with Crippen LogP contribution in [0.3, 0.4) is 0 Å². The summed E-state index contributed by atoms with van der Waals surface area (Å²) < 4.78 is 1.82. The molecule has 0 unspecified atom stereocenters. The highest BCUT2D eigenvalue weighted by molar-refractivity contribution is 5.97. The molecular weight excluding hydrogens is 276 g/mol. The van der Waals surface area contributed by atoms with Crippen LogP contribution in [-0.2, 0) is 6.54 Å². The van der Waals surface area contributed by atoms with Crippen molar-refractivity contribution in [3.63, 3.8) is 0 Å². The summed E-state index contributed by atoms with van der Waals surface area (Å²) in [6, 6.07) is 5.54. The molecule has 2 aromatic rings. The lowest BCUT2D eigenvalue weighted by molar-refractivity contribution is 0.0891. The monoisotopic (exact) mass is 302 g/mol. The number of aromatic nitrogens is 3. The molecule has 1 heterocycles. The van der Waals surface area contributed by atoms with E-state index in [-0.39, 0.29) is 16.9 Å². The van der Waals surface area contributed by atoms with E-state index in [1.54, 1.807) is 6.07 Å². The molecule has 22 heavy (non-hydrogen) atoms. The molecule has 0 spiro atoms. The van der Waals surface area contributed by atoms with E-state index in [0.717, 1.165) is 24.0 Å². The lowest BCUT2D eigenvalue weighted by atomic mass is 9.81. The van der Waals surface area contributed by atoms with Crippen LogP contribution in [0.2, 0.25) is 0 Å². The van der Waals surface area contributed by atoms with Crippen LogP contribution in [0.15, 0.2) is 18.2 Å². The van der Waals surface area contributed by atoms with Crippen molar-refractivity contribution in [3.05, 3.63) is 23.8 Å². The lowest BCUT2D eigenvalue weighted by Gasteiger charge is -2.33. The van der Waals surface area contributed by atoms with Crippen LogP contribution in [0.4, 0.5) is 0 Å². The minimum atomic E-state index is -0.259. The van der Waals surface area contributed by atoms with Crippen molar-refractivity contribution >= 4 is 16.9 Å². The normalized spacial score (nSPS) is 12.6. The van der Waals surface area contributed by atoms with Crippen LogP contribution in [0.25, 0.3) is 11.0 Å². The van der Waals surface area contributed by atoms with Gasteiger partial charge in [0.1, 0.15) is 5.52 Å². The molecule has 5 heteroatoms. The van der Waals surface area contributed by atoms with E-state index in [1.165, 1.54) is 0 Å². The molecule has 1 N–H and O–H groups in total. The van der Waals surface area contributed by atoms with Crippen molar-refractivity contribution in [1.82, 2.24) is 20.3 Å². The molecule has 0 aliphatic carbocycles. The first-order valence-electron chi connectivity index (χ1n) is 7.77. The van der Waals surface area contributed by atoms with Gasteiger partial charge in [0, 0.05) is 17.6 Å². The number of fused-ring (bicyclic) bond motifs is 1. The number of carbonyl (C=O) groups excluding carboxylic acids is 1. The van der Waals surface area contributed by atoms with Gasteiger partial charge in [0.2, 0.25) is 0 Å². The Morgan fingerprint density at radius 3 is 2.50 bits per heavy atom. The van der Waals surface area contributed by atoms with Crippen molar-refractivity contribution in [2.75, 3.05) is 0 Å². The van der Waals surface area contributed by atoms with Gasteiger partial charge in [-0.05, 0) is 50.8 Å². The number of benzene rings is 1. The summed E-state index contributed by atoms with van der Waals surface area (Å²) in [5.74, 6) is -0.0674. The van der Waals surface area contributed by atoms with Gasteiger partial charge in [-0.2, -0.15) is 0 Å². The van der Waals surface area contributed by atoms with Crippen LogP contribution < -0.4 is 5.32 Å². The molecule has 0 aliphatic heterocycles. The molecule has 0 atom stereocenters. The highest BCUT2D eigenvalue weighted by Gasteiger charge is 2.27. The van der Waals surface area contributed by atoms with Gasteiger partial charge in [-0.25, -0.2) is 4.68 Å². The SMILES string of the molecule is CCn1nnc2cc(C(=O)NC(C)(C)CC(C)(C)C)ccc21. The van der Waals surface area contributed by atoms with E-state index in [1.807, 2.05) is 23.7 Å². The smallest absolute Gasteiger partial charge is 0.251 e. The van der Waals surface area contributed by atoms with Crippen molar-refractivity contribution in [2.45, 2.75) is 60.0 Å². The van der Waals surface area contributed by atoms with E-state index in [4.69, 9.17) is 0 Å². The fourth-order valence-corrected chi connectivity index (χ4v) is 3.10. The summed E-state index contributed by atoms with van der Waals surface area (Å²) in [6.07, 6.45) is 0.903. The van der Waals surface area contributed by atoms with Crippen LogP contribution in [0.5, 0.6) is 0 Å². The average molecular weight is 302 g/mol. The van der Waals surface area contributed by atoms with Crippen molar-refractivity contribution in [3.8, 4) is 0 Å². The molecule has 0 saturated heterocycles. The molecule has 2 rings (SSSR count). The third-order valence-electron chi connectivity index (χ3n) is 3.50. The second-order valence-electron chi connectivity index (χ2n) is 7.68. The zero-order chi connectivity index (χ0) is 16.5. The second kappa shape index (κ2) is 5.71. The minimum Gasteiger partial charge on any atom is -0.347 e. The number of aryl methyl sites for hydroxylation is 1. The predicted molar refractivity (Wildman–Crippen MR) is 88.8 cm³/mol. The summed E-state index contributed by atoms with van der Waals surface area (Å²) in [4.78, 5) is 12.5. The topological polar surface area (TPSA) is 59.8 Å². The largest absolute Gasteiger partial charge is 0.347 e. The molecule has 120 valence electrons. The highest BCUT2D eigenvalue weighted by Crippen LogP contribution is 2.27. The Kier molecular flexibility index (Phi) is 4.27. The predicted octanol–water partition coefficient (Wildman–Crippen LogP) is 3.40. The molecule has 0 aliphatic rings. The molecule has 0 bridgehead atoms. The number of carbonyl (C=O) groups is 1. The summed E-state index contributed by atoms with van der Waals surface area (Å²) in [5.41, 5.74) is 2.23. The van der Waals surface area contributed by atoms with Gasteiger partial charge in [0.05, 0.1) is 5.52 Å².